The molecule has 2 aliphatic rings. The molecule has 0 amide bonds. The zero-order valence-electron chi connectivity index (χ0n) is 12.5. The molecule has 108 valence electrons. The quantitative estimate of drug-likeness (QED) is 0.802. The van der Waals surface area contributed by atoms with Crippen molar-refractivity contribution >= 4 is 0 Å². The highest BCUT2D eigenvalue weighted by Crippen LogP contribution is 2.22. The molecule has 0 aromatic heterocycles. The molecule has 0 bridgehead atoms. The summed E-state index contributed by atoms with van der Waals surface area (Å²) in [4.78, 5) is 2.38. The van der Waals surface area contributed by atoms with Crippen molar-refractivity contribution in [2.75, 3.05) is 26.3 Å². The monoisotopic (exact) mass is 257 g/mol. The van der Waals surface area contributed by atoms with Gasteiger partial charge in [0, 0.05) is 6.54 Å². The van der Waals surface area contributed by atoms with Gasteiger partial charge in [0.15, 0.2) is 0 Å². The summed E-state index contributed by atoms with van der Waals surface area (Å²) in [6, 6.07) is 0. The minimum atomic E-state index is 0. The molecule has 0 spiro atoms. The summed E-state index contributed by atoms with van der Waals surface area (Å²) in [6.45, 7) is 12.6. The molecule has 1 atom stereocenters. The van der Waals surface area contributed by atoms with Gasteiger partial charge in [0.2, 0.25) is 0 Å². The Balaban J connectivity index is 0.000000184. The smallest absolute Gasteiger partial charge is 0.0672 e. The first kappa shape index (κ1) is 15.9. The van der Waals surface area contributed by atoms with E-state index in [0.717, 1.165) is 19.1 Å². The molecule has 2 heterocycles. The fourth-order valence-corrected chi connectivity index (χ4v) is 2.22. The zero-order chi connectivity index (χ0) is 13.8. The lowest BCUT2D eigenvalue weighted by atomic mass is 9.86. The fourth-order valence-electron chi connectivity index (χ4n) is 2.22. The number of nitrogens with zero attached hydrogens (tertiary/aromatic N) is 1. The van der Waals surface area contributed by atoms with E-state index in [4.69, 9.17) is 16.2 Å². The number of ether oxygens (including phenoxy) is 1. The van der Waals surface area contributed by atoms with Gasteiger partial charge in [-0.1, -0.05) is 27.7 Å². The van der Waals surface area contributed by atoms with Crippen molar-refractivity contribution in [3.8, 4) is 0 Å². The highest BCUT2D eigenvalue weighted by atomic mass is 16.5. The molecule has 0 aliphatic carbocycles. The van der Waals surface area contributed by atoms with Gasteiger partial charge in [0.05, 0.1) is 24.9 Å². The van der Waals surface area contributed by atoms with E-state index in [9.17, 15) is 0 Å². The Kier molecular flexibility index (Phi) is 6.05. The normalized spacial score (nSPS) is 27.0. The van der Waals surface area contributed by atoms with Crippen LogP contribution in [-0.2, 0) is 4.74 Å². The molecule has 18 heavy (non-hydrogen) atoms. The number of rotatable bonds is 3. The maximum Gasteiger partial charge on any atom is 0.0672 e. The minimum Gasteiger partial charge on any atom is -0.377 e. The van der Waals surface area contributed by atoms with Gasteiger partial charge in [0.1, 0.15) is 0 Å². The second kappa shape index (κ2) is 6.85. The molecule has 0 aromatic carbocycles. The Morgan fingerprint density at radius 1 is 1.28 bits per heavy atom. The lowest BCUT2D eigenvalue weighted by Crippen LogP contribution is -2.60. The van der Waals surface area contributed by atoms with Crippen molar-refractivity contribution in [1.82, 2.24) is 4.90 Å². The number of hydrogen-bond donors (Lipinski definition) is 2. The zero-order valence-corrected chi connectivity index (χ0v) is 12.5. The number of hydrogen-bond acceptors (Lipinski definition) is 4. The number of nitrogens with two attached hydrogens (primary N) is 2. The van der Waals surface area contributed by atoms with Crippen LogP contribution in [0.5, 0.6) is 0 Å². The van der Waals surface area contributed by atoms with E-state index in [1.54, 1.807) is 0 Å². The fraction of sp³-hybridized carbons (Fsp3) is 1.00. The van der Waals surface area contributed by atoms with Crippen LogP contribution in [0.4, 0.5) is 0 Å². The largest absolute Gasteiger partial charge is 0.377 e. The van der Waals surface area contributed by atoms with Crippen LogP contribution in [0.3, 0.4) is 0 Å². The van der Waals surface area contributed by atoms with Crippen LogP contribution in [0.25, 0.3) is 0 Å². The van der Waals surface area contributed by atoms with E-state index in [0.29, 0.717) is 12.1 Å². The Labute approximate surface area is 112 Å². The molecule has 0 aromatic rings. The average Bonchev–Trinajstić information content (AvgIpc) is 2.61. The van der Waals surface area contributed by atoms with Crippen LogP contribution in [0.15, 0.2) is 0 Å². The van der Waals surface area contributed by atoms with Crippen LogP contribution in [0.1, 0.15) is 40.5 Å². The summed E-state index contributed by atoms with van der Waals surface area (Å²) in [5.74, 6) is 1.31. The summed E-state index contributed by atoms with van der Waals surface area (Å²) < 4.78 is 4.97. The molecule has 4 N–H and O–H groups in total. The van der Waals surface area contributed by atoms with E-state index in [1.165, 1.54) is 25.9 Å². The maximum absolute atomic E-state index is 5.85. The van der Waals surface area contributed by atoms with Gasteiger partial charge in [-0.15, -0.1) is 0 Å². The third-order valence-corrected chi connectivity index (χ3v) is 3.91. The van der Waals surface area contributed by atoms with Crippen LogP contribution < -0.4 is 11.5 Å². The first-order chi connectivity index (χ1) is 8.35. The Morgan fingerprint density at radius 2 is 1.89 bits per heavy atom. The molecule has 2 fully saturated rings. The third kappa shape index (κ3) is 4.50. The Bertz CT molecular complexity index is 239. The predicted octanol–water partition coefficient (Wildman–Crippen LogP) is 1.39. The molecular formula is C14H31N3O. The van der Waals surface area contributed by atoms with Crippen molar-refractivity contribution in [1.29, 1.82) is 0 Å². The van der Waals surface area contributed by atoms with Crippen molar-refractivity contribution in [2.24, 2.45) is 23.3 Å². The molecular weight excluding hydrogens is 226 g/mol. The van der Waals surface area contributed by atoms with Crippen molar-refractivity contribution in [2.45, 2.75) is 52.2 Å². The summed E-state index contributed by atoms with van der Waals surface area (Å²) in [5, 5.41) is 0. The van der Waals surface area contributed by atoms with Gasteiger partial charge >= 0.3 is 0 Å². The van der Waals surface area contributed by atoms with Gasteiger partial charge in [-0.2, -0.15) is 0 Å². The summed E-state index contributed by atoms with van der Waals surface area (Å²) in [5.41, 5.74) is 11.7. The van der Waals surface area contributed by atoms with E-state index in [2.05, 4.69) is 32.6 Å². The Morgan fingerprint density at radius 3 is 2.11 bits per heavy atom. The van der Waals surface area contributed by atoms with E-state index in [-0.39, 0.29) is 5.54 Å². The SMILES string of the molecule is CC(C)C1(N)COC1.CC(C)CN1CCC[C@@H]1N. The summed E-state index contributed by atoms with van der Waals surface area (Å²) in [6.07, 6.45) is 2.82. The summed E-state index contributed by atoms with van der Waals surface area (Å²) >= 11 is 0. The molecule has 0 saturated carbocycles. The first-order valence-corrected chi connectivity index (χ1v) is 7.21. The van der Waals surface area contributed by atoms with E-state index >= 15 is 0 Å². The molecule has 2 rings (SSSR count). The van der Waals surface area contributed by atoms with Gasteiger partial charge < -0.3 is 16.2 Å². The molecule has 4 nitrogen and oxygen atoms in total. The third-order valence-electron chi connectivity index (χ3n) is 3.91. The minimum absolute atomic E-state index is 0. The van der Waals surface area contributed by atoms with E-state index in [1.807, 2.05) is 0 Å². The molecule has 2 aliphatic heterocycles. The van der Waals surface area contributed by atoms with Gasteiger partial charge in [-0.05, 0) is 31.2 Å². The second-order valence-electron chi connectivity index (χ2n) is 6.48. The van der Waals surface area contributed by atoms with Crippen LogP contribution in [-0.4, -0.2) is 42.9 Å². The van der Waals surface area contributed by atoms with Gasteiger partial charge in [-0.3, -0.25) is 4.90 Å². The molecule has 0 unspecified atom stereocenters. The standard InChI is InChI=1S/C8H18N2.C6H13NO/c1-7(2)6-10-5-3-4-8(10)9;1-5(2)6(7)3-8-4-6/h7-8H,3-6,9H2,1-2H3;5H,3-4,7H2,1-2H3/t8-;/m1./s1. The topological polar surface area (TPSA) is 64.5 Å². The highest BCUT2D eigenvalue weighted by molar-refractivity contribution is 4.93. The first-order valence-electron chi connectivity index (χ1n) is 7.21. The van der Waals surface area contributed by atoms with Crippen LogP contribution in [0, 0.1) is 11.8 Å². The van der Waals surface area contributed by atoms with Gasteiger partial charge in [0.25, 0.3) is 0 Å². The van der Waals surface area contributed by atoms with Crippen molar-refractivity contribution in [3.05, 3.63) is 0 Å². The lowest BCUT2D eigenvalue weighted by molar-refractivity contribution is -0.0759. The Hall–Kier alpha value is -0.160. The van der Waals surface area contributed by atoms with Crippen LogP contribution >= 0.6 is 0 Å². The average molecular weight is 257 g/mol. The van der Waals surface area contributed by atoms with Crippen molar-refractivity contribution < 1.29 is 4.74 Å². The summed E-state index contributed by atoms with van der Waals surface area (Å²) in [7, 11) is 0. The van der Waals surface area contributed by atoms with Crippen molar-refractivity contribution in [3.63, 3.8) is 0 Å². The lowest BCUT2D eigenvalue weighted by Gasteiger charge is -2.41. The maximum atomic E-state index is 5.85. The second-order valence-corrected chi connectivity index (χ2v) is 6.48. The number of likely N-dealkylation sites (tertiary alicyclic amines) is 1. The van der Waals surface area contributed by atoms with E-state index < -0.39 is 0 Å². The predicted molar refractivity (Wildman–Crippen MR) is 76.2 cm³/mol. The molecule has 4 heteroatoms. The van der Waals surface area contributed by atoms with Crippen LogP contribution in [0.2, 0.25) is 0 Å². The molecule has 0 radical (unpaired) electrons. The molecule has 2 saturated heterocycles. The highest BCUT2D eigenvalue weighted by Gasteiger charge is 2.36. The van der Waals surface area contributed by atoms with Gasteiger partial charge in [-0.25, -0.2) is 0 Å².